The predicted molar refractivity (Wildman–Crippen MR) is 100 cm³/mol. The topological polar surface area (TPSA) is 75.5 Å². The van der Waals surface area contributed by atoms with Crippen molar-refractivity contribution >= 4 is 15.9 Å². The number of sulfonamides is 1. The third kappa shape index (κ3) is 4.65. The molecule has 0 unspecified atom stereocenters. The van der Waals surface area contributed by atoms with Crippen molar-refractivity contribution in [2.75, 3.05) is 32.9 Å². The molecule has 0 N–H and O–H groups in total. The summed E-state index contributed by atoms with van der Waals surface area (Å²) >= 11 is 0. The molecule has 2 fully saturated rings. The van der Waals surface area contributed by atoms with Crippen molar-refractivity contribution in [3.05, 3.63) is 18.2 Å². The standard InChI is InChI=1S/C18H30N4O3S/c1-20(26(2,24)25)11-8-17(23)21-10-4-7-16(14-21)18-19-9-12-22(18)13-15-5-3-6-15/h9,12,15-16H,3-8,10-11,13-14H2,1-2H3/t16-/m1/s1. The number of carbonyl (C=O) groups is 1. The molecule has 1 saturated carbocycles. The zero-order valence-corrected chi connectivity index (χ0v) is 16.6. The first-order valence-corrected chi connectivity index (χ1v) is 11.4. The number of amides is 1. The monoisotopic (exact) mass is 382 g/mol. The van der Waals surface area contributed by atoms with Gasteiger partial charge in [-0.2, -0.15) is 0 Å². The van der Waals surface area contributed by atoms with Crippen LogP contribution in [0.5, 0.6) is 0 Å². The highest BCUT2D eigenvalue weighted by molar-refractivity contribution is 7.88. The molecule has 1 saturated heterocycles. The molecular weight excluding hydrogens is 352 g/mol. The van der Waals surface area contributed by atoms with Crippen LogP contribution in [0.15, 0.2) is 12.4 Å². The Labute approximate surface area is 156 Å². The molecule has 0 bridgehead atoms. The van der Waals surface area contributed by atoms with Gasteiger partial charge in [-0.05, 0) is 31.6 Å². The summed E-state index contributed by atoms with van der Waals surface area (Å²) in [7, 11) is -1.73. The Morgan fingerprint density at radius 3 is 2.73 bits per heavy atom. The van der Waals surface area contributed by atoms with Gasteiger partial charge in [-0.3, -0.25) is 4.79 Å². The molecule has 2 heterocycles. The number of piperidine rings is 1. The van der Waals surface area contributed by atoms with Gasteiger partial charge in [0.2, 0.25) is 15.9 Å². The molecule has 1 atom stereocenters. The van der Waals surface area contributed by atoms with Crippen LogP contribution >= 0.6 is 0 Å². The van der Waals surface area contributed by atoms with E-state index < -0.39 is 10.0 Å². The van der Waals surface area contributed by atoms with Crippen LogP contribution in [0, 0.1) is 5.92 Å². The highest BCUT2D eigenvalue weighted by Gasteiger charge is 2.28. The Hall–Kier alpha value is -1.41. The van der Waals surface area contributed by atoms with Gasteiger partial charge in [0.1, 0.15) is 5.82 Å². The molecule has 146 valence electrons. The highest BCUT2D eigenvalue weighted by atomic mass is 32.2. The van der Waals surface area contributed by atoms with Crippen molar-refractivity contribution in [1.29, 1.82) is 0 Å². The van der Waals surface area contributed by atoms with Gasteiger partial charge >= 0.3 is 0 Å². The molecule has 0 aromatic carbocycles. The first kappa shape index (κ1) is 19.4. The lowest BCUT2D eigenvalue weighted by Gasteiger charge is -2.34. The number of carbonyl (C=O) groups excluding carboxylic acids is 1. The van der Waals surface area contributed by atoms with Crippen LogP contribution in [0.4, 0.5) is 0 Å². The number of rotatable bonds is 7. The van der Waals surface area contributed by atoms with Crippen LogP contribution in [-0.2, 0) is 21.4 Å². The average Bonchev–Trinajstić information content (AvgIpc) is 3.03. The molecule has 7 nitrogen and oxygen atoms in total. The summed E-state index contributed by atoms with van der Waals surface area (Å²) < 4.78 is 26.5. The molecule has 0 spiro atoms. The third-order valence-corrected chi connectivity index (χ3v) is 7.09. The molecule has 1 aromatic rings. The van der Waals surface area contributed by atoms with Crippen LogP contribution < -0.4 is 0 Å². The SMILES string of the molecule is CN(CCC(=O)N1CCC[C@@H](c2nccn2CC2CCC2)C1)S(C)(=O)=O. The summed E-state index contributed by atoms with van der Waals surface area (Å²) in [6.45, 7) is 2.71. The van der Waals surface area contributed by atoms with Gasteiger partial charge in [0, 0.05) is 58.0 Å². The Morgan fingerprint density at radius 1 is 1.31 bits per heavy atom. The van der Waals surface area contributed by atoms with E-state index in [1.54, 1.807) is 0 Å². The minimum Gasteiger partial charge on any atom is -0.342 e. The van der Waals surface area contributed by atoms with E-state index >= 15 is 0 Å². The molecule has 26 heavy (non-hydrogen) atoms. The number of nitrogens with zero attached hydrogens (tertiary/aromatic N) is 4. The highest BCUT2D eigenvalue weighted by Crippen LogP contribution is 2.31. The molecule has 1 aliphatic carbocycles. The van der Waals surface area contributed by atoms with Gasteiger partial charge in [0.05, 0.1) is 6.26 Å². The second-order valence-corrected chi connectivity index (χ2v) is 9.84. The van der Waals surface area contributed by atoms with Gasteiger partial charge in [0.15, 0.2) is 0 Å². The van der Waals surface area contributed by atoms with E-state index in [9.17, 15) is 13.2 Å². The molecule has 1 aliphatic heterocycles. The van der Waals surface area contributed by atoms with E-state index in [1.165, 1.54) is 30.6 Å². The van der Waals surface area contributed by atoms with E-state index in [0.29, 0.717) is 6.54 Å². The van der Waals surface area contributed by atoms with Crippen LogP contribution in [0.25, 0.3) is 0 Å². The van der Waals surface area contributed by atoms with E-state index in [2.05, 4.69) is 15.7 Å². The number of likely N-dealkylation sites (tertiary alicyclic amines) is 1. The Morgan fingerprint density at radius 2 is 2.08 bits per heavy atom. The maximum absolute atomic E-state index is 12.5. The fourth-order valence-corrected chi connectivity index (χ4v) is 4.20. The van der Waals surface area contributed by atoms with Crippen LogP contribution in [0.3, 0.4) is 0 Å². The summed E-state index contributed by atoms with van der Waals surface area (Å²) in [6.07, 6.45) is 11.3. The Kier molecular flexibility index (Phi) is 6.02. The predicted octanol–water partition coefficient (Wildman–Crippen LogP) is 1.67. The third-order valence-electron chi connectivity index (χ3n) is 5.77. The normalized spacial score (nSPS) is 21.8. The van der Waals surface area contributed by atoms with E-state index in [4.69, 9.17) is 0 Å². The maximum atomic E-state index is 12.5. The van der Waals surface area contributed by atoms with Crippen molar-refractivity contribution in [1.82, 2.24) is 18.8 Å². The quantitative estimate of drug-likeness (QED) is 0.719. The van der Waals surface area contributed by atoms with Gasteiger partial charge in [-0.15, -0.1) is 0 Å². The fraction of sp³-hybridized carbons (Fsp3) is 0.778. The van der Waals surface area contributed by atoms with E-state index in [0.717, 1.165) is 43.9 Å². The first-order chi connectivity index (χ1) is 12.3. The van der Waals surface area contributed by atoms with Gasteiger partial charge in [-0.1, -0.05) is 6.42 Å². The van der Waals surface area contributed by atoms with Gasteiger partial charge < -0.3 is 9.47 Å². The van der Waals surface area contributed by atoms with Crippen molar-refractivity contribution in [2.24, 2.45) is 5.92 Å². The maximum Gasteiger partial charge on any atom is 0.223 e. The minimum absolute atomic E-state index is 0.0299. The van der Waals surface area contributed by atoms with Crippen LogP contribution in [0.2, 0.25) is 0 Å². The number of hydrogen-bond acceptors (Lipinski definition) is 4. The summed E-state index contributed by atoms with van der Waals surface area (Å²) in [5.74, 6) is 2.18. The van der Waals surface area contributed by atoms with E-state index in [1.807, 2.05) is 11.1 Å². The summed E-state index contributed by atoms with van der Waals surface area (Å²) in [4.78, 5) is 19.0. The lowest BCUT2D eigenvalue weighted by atomic mass is 9.85. The Balaban J connectivity index is 1.57. The minimum atomic E-state index is -3.24. The molecule has 1 aromatic heterocycles. The number of imidazole rings is 1. The van der Waals surface area contributed by atoms with Crippen LogP contribution in [0.1, 0.15) is 50.3 Å². The number of aromatic nitrogens is 2. The number of hydrogen-bond donors (Lipinski definition) is 0. The molecule has 0 radical (unpaired) electrons. The zero-order valence-electron chi connectivity index (χ0n) is 15.8. The van der Waals surface area contributed by atoms with Crippen molar-refractivity contribution in [3.63, 3.8) is 0 Å². The molecule has 1 amide bonds. The van der Waals surface area contributed by atoms with Gasteiger partial charge in [0.25, 0.3) is 0 Å². The summed E-state index contributed by atoms with van der Waals surface area (Å²) in [5, 5.41) is 0. The summed E-state index contributed by atoms with van der Waals surface area (Å²) in [5.41, 5.74) is 0. The second-order valence-electron chi connectivity index (χ2n) is 7.75. The fourth-order valence-electron chi connectivity index (χ4n) is 3.78. The van der Waals surface area contributed by atoms with Gasteiger partial charge in [-0.25, -0.2) is 17.7 Å². The van der Waals surface area contributed by atoms with Crippen molar-refractivity contribution in [3.8, 4) is 0 Å². The summed E-state index contributed by atoms with van der Waals surface area (Å²) in [6, 6.07) is 0. The molecule has 3 rings (SSSR count). The van der Waals surface area contributed by atoms with Crippen molar-refractivity contribution < 1.29 is 13.2 Å². The smallest absolute Gasteiger partial charge is 0.223 e. The van der Waals surface area contributed by atoms with Crippen molar-refractivity contribution in [2.45, 2.75) is 51.0 Å². The Bertz CT molecular complexity index is 727. The largest absolute Gasteiger partial charge is 0.342 e. The average molecular weight is 383 g/mol. The molecule has 8 heteroatoms. The molecule has 2 aliphatic rings. The lowest BCUT2D eigenvalue weighted by Crippen LogP contribution is -2.41. The first-order valence-electron chi connectivity index (χ1n) is 9.54. The van der Waals surface area contributed by atoms with Crippen LogP contribution in [-0.4, -0.2) is 66.0 Å². The zero-order chi connectivity index (χ0) is 18.7. The second kappa shape index (κ2) is 8.08. The lowest BCUT2D eigenvalue weighted by molar-refractivity contribution is -0.132. The molecular formula is C18H30N4O3S. The van der Waals surface area contributed by atoms with E-state index in [-0.39, 0.29) is 24.8 Å².